The quantitative estimate of drug-likeness (QED) is 0.472. The molecule has 1 aromatic rings. The summed E-state index contributed by atoms with van der Waals surface area (Å²) in [5, 5.41) is 11.4. The number of carbonyl (C=O) groups is 2. The molecule has 1 heterocycles. The van der Waals surface area contributed by atoms with Crippen molar-refractivity contribution in [2.24, 2.45) is 11.7 Å². The van der Waals surface area contributed by atoms with Gasteiger partial charge in [-0.2, -0.15) is 0 Å². The Balaban J connectivity index is 1.91. The predicted molar refractivity (Wildman–Crippen MR) is 93.8 cm³/mol. The largest absolute Gasteiger partial charge is 0.458 e. The maximum absolute atomic E-state index is 12.1. The summed E-state index contributed by atoms with van der Waals surface area (Å²) in [5.74, 6) is -0.289. The Morgan fingerprint density at radius 2 is 2.04 bits per heavy atom. The molecular weight excluding hydrogens is 338 g/mol. The van der Waals surface area contributed by atoms with Crippen LogP contribution in [0.5, 0.6) is 5.75 Å². The van der Waals surface area contributed by atoms with Crippen LogP contribution in [0, 0.1) is 16.0 Å². The molecule has 3 rings (SSSR count). The molecule has 26 heavy (non-hydrogen) atoms. The number of ether oxygens (including phenoxy) is 1. The molecule has 8 heteroatoms. The van der Waals surface area contributed by atoms with E-state index in [4.69, 9.17) is 10.5 Å². The molecule has 1 aliphatic heterocycles. The zero-order valence-electron chi connectivity index (χ0n) is 14.5. The van der Waals surface area contributed by atoms with Crippen molar-refractivity contribution in [3.05, 3.63) is 33.9 Å². The predicted octanol–water partition coefficient (Wildman–Crippen LogP) is 2.25. The van der Waals surface area contributed by atoms with E-state index in [0.29, 0.717) is 18.7 Å². The average molecular weight is 361 g/mol. The standard InChI is InChI=1S/C18H23N3O5/c19-17(23)18(20-10-4-7-12-5-1-2-8-14(12)20)26-15-9-3-6-13(11-22)16(15)21(24)25/h3,6,9,11-12,14,18H,1-2,4-5,7-8,10H2,(H2,19,23). The Morgan fingerprint density at radius 1 is 1.31 bits per heavy atom. The fourth-order valence-corrected chi connectivity index (χ4v) is 4.29. The van der Waals surface area contributed by atoms with Crippen molar-refractivity contribution in [1.29, 1.82) is 0 Å². The van der Waals surface area contributed by atoms with Gasteiger partial charge in [-0.05, 0) is 43.7 Å². The van der Waals surface area contributed by atoms with Gasteiger partial charge in [0.15, 0.2) is 6.29 Å². The van der Waals surface area contributed by atoms with Crippen molar-refractivity contribution in [3.63, 3.8) is 0 Å². The summed E-state index contributed by atoms with van der Waals surface area (Å²) in [5.41, 5.74) is 5.06. The number of likely N-dealkylation sites (tertiary alicyclic amines) is 1. The summed E-state index contributed by atoms with van der Waals surface area (Å²) in [7, 11) is 0. The number of hydrogen-bond donors (Lipinski definition) is 1. The first-order valence-electron chi connectivity index (χ1n) is 8.97. The molecule has 2 fully saturated rings. The highest BCUT2D eigenvalue weighted by atomic mass is 16.6. The molecule has 0 bridgehead atoms. The number of aldehydes is 1. The van der Waals surface area contributed by atoms with E-state index in [1.807, 2.05) is 4.90 Å². The molecule has 8 nitrogen and oxygen atoms in total. The van der Waals surface area contributed by atoms with Gasteiger partial charge in [-0.15, -0.1) is 0 Å². The van der Waals surface area contributed by atoms with Crippen LogP contribution in [0.1, 0.15) is 48.9 Å². The van der Waals surface area contributed by atoms with E-state index in [1.54, 1.807) is 0 Å². The number of piperidine rings is 1. The highest BCUT2D eigenvalue weighted by Gasteiger charge is 2.40. The average Bonchev–Trinajstić information content (AvgIpc) is 2.65. The van der Waals surface area contributed by atoms with Gasteiger partial charge in [0.2, 0.25) is 12.0 Å². The SMILES string of the molecule is NC(=O)C(Oc1cccc(C=O)c1[N+](=O)[O-])N1CCCC2CCCCC21. The first kappa shape index (κ1) is 18.3. The molecule has 2 aliphatic rings. The number of nitro benzene ring substituents is 1. The van der Waals surface area contributed by atoms with Crippen molar-refractivity contribution in [3.8, 4) is 5.75 Å². The van der Waals surface area contributed by atoms with Crippen molar-refractivity contribution in [2.45, 2.75) is 50.8 Å². The number of hydrogen-bond acceptors (Lipinski definition) is 6. The monoisotopic (exact) mass is 361 g/mol. The Morgan fingerprint density at radius 3 is 2.73 bits per heavy atom. The van der Waals surface area contributed by atoms with Crippen LogP contribution in [0.4, 0.5) is 5.69 Å². The number of para-hydroxylation sites is 1. The summed E-state index contributed by atoms with van der Waals surface area (Å²) in [6.45, 7) is 0.663. The number of rotatable bonds is 6. The smallest absolute Gasteiger partial charge is 0.321 e. The lowest BCUT2D eigenvalue weighted by molar-refractivity contribution is -0.386. The third-order valence-electron chi connectivity index (χ3n) is 5.41. The lowest BCUT2D eigenvalue weighted by Crippen LogP contribution is -2.57. The molecule has 140 valence electrons. The van der Waals surface area contributed by atoms with Crippen molar-refractivity contribution in [1.82, 2.24) is 4.90 Å². The fourth-order valence-electron chi connectivity index (χ4n) is 4.29. The topological polar surface area (TPSA) is 116 Å². The number of fused-ring (bicyclic) bond motifs is 1. The molecule has 1 saturated heterocycles. The van der Waals surface area contributed by atoms with Crippen LogP contribution in [-0.2, 0) is 4.79 Å². The third-order valence-corrected chi connectivity index (χ3v) is 5.41. The van der Waals surface area contributed by atoms with Gasteiger partial charge in [-0.25, -0.2) is 0 Å². The van der Waals surface area contributed by atoms with E-state index < -0.39 is 22.7 Å². The van der Waals surface area contributed by atoms with Crippen LogP contribution in [0.25, 0.3) is 0 Å². The third kappa shape index (κ3) is 3.55. The minimum absolute atomic E-state index is 0.0927. The van der Waals surface area contributed by atoms with E-state index in [-0.39, 0.29) is 17.4 Å². The van der Waals surface area contributed by atoms with Crippen molar-refractivity contribution < 1.29 is 19.2 Å². The Labute approximate surface area is 151 Å². The van der Waals surface area contributed by atoms with Gasteiger partial charge in [0.25, 0.3) is 5.91 Å². The number of benzene rings is 1. The van der Waals surface area contributed by atoms with Gasteiger partial charge in [-0.1, -0.05) is 18.9 Å². The fraction of sp³-hybridized carbons (Fsp3) is 0.556. The van der Waals surface area contributed by atoms with E-state index >= 15 is 0 Å². The molecule has 1 amide bonds. The van der Waals surface area contributed by atoms with Crippen LogP contribution < -0.4 is 10.5 Å². The van der Waals surface area contributed by atoms with E-state index in [1.165, 1.54) is 24.6 Å². The molecule has 0 aromatic heterocycles. The molecule has 1 aromatic carbocycles. The molecule has 3 atom stereocenters. The van der Waals surface area contributed by atoms with E-state index in [0.717, 1.165) is 32.1 Å². The summed E-state index contributed by atoms with van der Waals surface area (Å²) >= 11 is 0. The molecule has 0 spiro atoms. The lowest BCUT2D eigenvalue weighted by Gasteiger charge is -2.46. The minimum Gasteiger partial charge on any atom is -0.458 e. The Hall–Kier alpha value is -2.48. The van der Waals surface area contributed by atoms with Crippen LogP contribution >= 0.6 is 0 Å². The van der Waals surface area contributed by atoms with Gasteiger partial charge >= 0.3 is 5.69 Å². The molecule has 3 unspecified atom stereocenters. The van der Waals surface area contributed by atoms with Crippen LogP contribution in [0.3, 0.4) is 0 Å². The number of nitrogens with two attached hydrogens (primary N) is 1. The van der Waals surface area contributed by atoms with Gasteiger partial charge < -0.3 is 10.5 Å². The van der Waals surface area contributed by atoms with Gasteiger partial charge in [0.05, 0.1) is 10.5 Å². The highest BCUT2D eigenvalue weighted by Crippen LogP contribution is 2.37. The summed E-state index contributed by atoms with van der Waals surface area (Å²) < 4.78 is 5.75. The summed E-state index contributed by atoms with van der Waals surface area (Å²) in [6, 6.07) is 4.42. The lowest BCUT2D eigenvalue weighted by atomic mass is 9.78. The van der Waals surface area contributed by atoms with Gasteiger partial charge in [0, 0.05) is 12.6 Å². The van der Waals surface area contributed by atoms with Crippen molar-refractivity contribution in [2.75, 3.05) is 6.54 Å². The van der Waals surface area contributed by atoms with E-state index in [2.05, 4.69) is 0 Å². The van der Waals surface area contributed by atoms with Crippen molar-refractivity contribution >= 4 is 17.9 Å². The number of amides is 1. The number of primary amides is 1. The molecule has 1 aliphatic carbocycles. The second-order valence-electron chi connectivity index (χ2n) is 6.93. The highest BCUT2D eigenvalue weighted by molar-refractivity contribution is 5.84. The summed E-state index contributed by atoms with van der Waals surface area (Å²) in [6.07, 6.45) is 5.73. The Bertz CT molecular complexity index is 706. The number of carbonyl (C=O) groups excluding carboxylic acids is 2. The first-order chi connectivity index (χ1) is 12.5. The minimum atomic E-state index is -1.08. The normalized spacial score (nSPS) is 24.3. The van der Waals surface area contributed by atoms with Crippen LogP contribution in [0.15, 0.2) is 18.2 Å². The van der Waals surface area contributed by atoms with Crippen LogP contribution in [-0.4, -0.2) is 40.8 Å². The maximum Gasteiger partial charge on any atom is 0.321 e. The first-order valence-corrected chi connectivity index (χ1v) is 8.97. The van der Waals surface area contributed by atoms with E-state index in [9.17, 15) is 19.7 Å². The van der Waals surface area contributed by atoms with Gasteiger partial charge in [-0.3, -0.25) is 24.6 Å². The maximum atomic E-state index is 12.1. The van der Waals surface area contributed by atoms with Gasteiger partial charge in [0.1, 0.15) is 0 Å². The Kier molecular flexibility index (Phi) is 5.51. The number of nitrogens with zero attached hydrogens (tertiary/aromatic N) is 2. The number of nitro groups is 1. The molecule has 0 radical (unpaired) electrons. The zero-order valence-corrected chi connectivity index (χ0v) is 14.5. The summed E-state index contributed by atoms with van der Waals surface area (Å²) in [4.78, 5) is 35.9. The zero-order chi connectivity index (χ0) is 18.7. The molecule has 2 N–H and O–H groups in total. The molecular formula is C18H23N3O5. The van der Waals surface area contributed by atoms with Crippen LogP contribution in [0.2, 0.25) is 0 Å². The second kappa shape index (κ2) is 7.82. The molecule has 1 saturated carbocycles. The second-order valence-corrected chi connectivity index (χ2v) is 6.93.